The molecule has 0 aliphatic carbocycles. The van der Waals surface area contributed by atoms with Gasteiger partial charge in [-0.05, 0) is 41.7 Å². The molecule has 0 atom stereocenters. The highest BCUT2D eigenvalue weighted by molar-refractivity contribution is 5.90. The zero-order chi connectivity index (χ0) is 20.7. The number of hydrogen-bond donors (Lipinski definition) is 1. The largest absolute Gasteiger partial charge is 0.419 e. The lowest BCUT2D eigenvalue weighted by atomic mass is 9.84. The van der Waals surface area contributed by atoms with Gasteiger partial charge >= 0.3 is 6.18 Å². The molecule has 1 aromatic carbocycles. The molecular formula is C20H23F3N4O. The quantitative estimate of drug-likeness (QED) is 0.642. The van der Waals surface area contributed by atoms with Crippen LogP contribution in [-0.4, -0.2) is 27.9 Å². The average Bonchev–Trinajstić information content (AvgIpc) is 3.07. The molecule has 0 saturated heterocycles. The van der Waals surface area contributed by atoms with Crippen molar-refractivity contribution in [1.82, 2.24) is 15.2 Å². The van der Waals surface area contributed by atoms with Crippen molar-refractivity contribution in [1.29, 1.82) is 0 Å². The molecule has 0 amide bonds. The number of nitrogens with zero attached hydrogens (tertiary/aromatic N) is 3. The minimum atomic E-state index is -4.29. The number of halogens is 3. The maximum absolute atomic E-state index is 12.6. The van der Waals surface area contributed by atoms with Crippen LogP contribution in [0.2, 0.25) is 0 Å². The fourth-order valence-corrected chi connectivity index (χ4v) is 2.98. The van der Waals surface area contributed by atoms with Gasteiger partial charge < -0.3 is 9.73 Å². The number of fused-ring (bicyclic) bond motifs is 1. The molecule has 2 heterocycles. The molecular weight excluding hydrogens is 369 g/mol. The van der Waals surface area contributed by atoms with E-state index in [-0.39, 0.29) is 5.41 Å². The van der Waals surface area contributed by atoms with E-state index in [9.17, 15) is 13.2 Å². The van der Waals surface area contributed by atoms with Crippen molar-refractivity contribution in [3.05, 3.63) is 35.2 Å². The van der Waals surface area contributed by atoms with E-state index in [0.29, 0.717) is 29.6 Å². The summed E-state index contributed by atoms with van der Waals surface area (Å²) in [6.45, 7) is 8.73. The van der Waals surface area contributed by atoms with Gasteiger partial charge in [-0.1, -0.05) is 27.7 Å². The summed E-state index contributed by atoms with van der Waals surface area (Å²) in [6.07, 6.45) is -3.66. The van der Waals surface area contributed by atoms with Crippen LogP contribution in [0.15, 0.2) is 22.6 Å². The molecule has 0 aliphatic heterocycles. The number of pyridine rings is 1. The molecule has 0 fully saturated rings. The van der Waals surface area contributed by atoms with Gasteiger partial charge in [0.15, 0.2) is 0 Å². The predicted octanol–water partition coefficient (Wildman–Crippen LogP) is 5.43. The Hall–Kier alpha value is -2.64. The molecule has 0 aliphatic rings. The summed E-state index contributed by atoms with van der Waals surface area (Å²) in [7, 11) is 0. The predicted molar refractivity (Wildman–Crippen MR) is 102 cm³/mol. The number of aryl methyl sites for hydroxylation is 2. The second-order valence-corrected chi connectivity index (χ2v) is 7.82. The molecule has 150 valence electrons. The highest BCUT2D eigenvalue weighted by atomic mass is 19.4. The van der Waals surface area contributed by atoms with E-state index in [1.165, 1.54) is 0 Å². The summed E-state index contributed by atoms with van der Waals surface area (Å²) in [5.41, 5.74) is 3.08. The standard InChI is InChI=1S/C20H23F3N4O/c1-6-16-26-27-18(28-16)15-7-11(2)13-8-12(24-10-20(21,22)23)9-14(17(13)25-15)19(3,4)5/h7-9,24H,6,10H2,1-5H3. The first-order valence-corrected chi connectivity index (χ1v) is 9.07. The highest BCUT2D eigenvalue weighted by Crippen LogP contribution is 2.35. The Morgan fingerprint density at radius 3 is 2.36 bits per heavy atom. The Morgan fingerprint density at radius 2 is 1.79 bits per heavy atom. The number of aromatic nitrogens is 3. The van der Waals surface area contributed by atoms with Crippen molar-refractivity contribution in [2.75, 3.05) is 11.9 Å². The van der Waals surface area contributed by atoms with E-state index >= 15 is 0 Å². The third-order valence-electron chi connectivity index (χ3n) is 4.41. The van der Waals surface area contributed by atoms with Crippen LogP contribution in [0.1, 0.15) is 44.7 Å². The Morgan fingerprint density at radius 1 is 1.07 bits per heavy atom. The first kappa shape index (κ1) is 20.1. The Bertz CT molecular complexity index is 1000. The Labute approximate surface area is 161 Å². The van der Waals surface area contributed by atoms with E-state index in [2.05, 4.69) is 15.5 Å². The zero-order valence-electron chi connectivity index (χ0n) is 16.5. The molecule has 8 heteroatoms. The maximum atomic E-state index is 12.6. The van der Waals surface area contributed by atoms with Crippen molar-refractivity contribution < 1.29 is 17.6 Å². The minimum Gasteiger partial charge on any atom is -0.419 e. The summed E-state index contributed by atoms with van der Waals surface area (Å²) in [6, 6.07) is 5.25. The summed E-state index contributed by atoms with van der Waals surface area (Å²) < 4.78 is 43.6. The number of hydrogen-bond acceptors (Lipinski definition) is 5. The van der Waals surface area contributed by atoms with Crippen LogP contribution in [0.4, 0.5) is 18.9 Å². The molecule has 5 nitrogen and oxygen atoms in total. The lowest BCUT2D eigenvalue weighted by Gasteiger charge is -2.23. The monoisotopic (exact) mass is 392 g/mol. The van der Waals surface area contributed by atoms with Gasteiger partial charge in [-0.2, -0.15) is 13.2 Å². The zero-order valence-corrected chi connectivity index (χ0v) is 16.5. The van der Waals surface area contributed by atoms with Crippen molar-refractivity contribution in [3.63, 3.8) is 0 Å². The molecule has 3 aromatic rings. The van der Waals surface area contributed by atoms with Crippen LogP contribution in [-0.2, 0) is 11.8 Å². The SMILES string of the molecule is CCc1nnc(-c2cc(C)c3cc(NCC(F)(F)F)cc(C(C)(C)C)c3n2)o1. The maximum Gasteiger partial charge on any atom is 0.405 e. The van der Waals surface area contributed by atoms with Crippen molar-refractivity contribution >= 4 is 16.6 Å². The van der Waals surface area contributed by atoms with Crippen LogP contribution >= 0.6 is 0 Å². The van der Waals surface area contributed by atoms with Gasteiger partial charge in [0.05, 0.1) is 5.52 Å². The Balaban J connectivity index is 2.17. The fraction of sp³-hybridized carbons (Fsp3) is 0.450. The number of alkyl halides is 3. The topological polar surface area (TPSA) is 63.8 Å². The molecule has 0 bridgehead atoms. The third-order valence-corrected chi connectivity index (χ3v) is 4.41. The van der Waals surface area contributed by atoms with Crippen molar-refractivity contribution in [2.24, 2.45) is 0 Å². The number of anilines is 1. The molecule has 0 saturated carbocycles. The highest BCUT2D eigenvalue weighted by Gasteiger charge is 2.27. The van der Waals surface area contributed by atoms with Crippen LogP contribution in [0.25, 0.3) is 22.5 Å². The second kappa shape index (κ2) is 7.07. The molecule has 0 unspecified atom stereocenters. The first-order valence-electron chi connectivity index (χ1n) is 9.07. The molecule has 3 rings (SSSR count). The average molecular weight is 392 g/mol. The van der Waals surface area contributed by atoms with Crippen molar-refractivity contribution in [2.45, 2.75) is 52.6 Å². The first-order chi connectivity index (χ1) is 13.0. The summed E-state index contributed by atoms with van der Waals surface area (Å²) in [5, 5.41) is 11.3. The second-order valence-electron chi connectivity index (χ2n) is 7.82. The van der Waals surface area contributed by atoms with Crippen LogP contribution < -0.4 is 5.32 Å². The molecule has 2 aromatic heterocycles. The normalized spacial score (nSPS) is 12.6. The van der Waals surface area contributed by atoms with Gasteiger partial charge in [0, 0.05) is 17.5 Å². The number of nitrogens with one attached hydrogen (secondary N) is 1. The van der Waals surface area contributed by atoms with E-state index in [1.54, 1.807) is 12.1 Å². The Kier molecular flexibility index (Phi) is 5.08. The van der Waals surface area contributed by atoms with Gasteiger partial charge in [-0.15, -0.1) is 10.2 Å². The van der Waals surface area contributed by atoms with Crippen LogP contribution in [0.5, 0.6) is 0 Å². The fourth-order valence-electron chi connectivity index (χ4n) is 2.98. The van der Waals surface area contributed by atoms with Crippen molar-refractivity contribution in [3.8, 4) is 11.6 Å². The number of benzene rings is 1. The number of rotatable bonds is 4. The molecule has 28 heavy (non-hydrogen) atoms. The van der Waals surface area contributed by atoms with E-state index < -0.39 is 12.7 Å². The van der Waals surface area contributed by atoms with E-state index in [1.807, 2.05) is 40.7 Å². The molecule has 0 spiro atoms. The molecule has 0 radical (unpaired) electrons. The summed E-state index contributed by atoms with van der Waals surface area (Å²) >= 11 is 0. The van der Waals surface area contributed by atoms with Gasteiger partial charge in [-0.25, -0.2) is 4.98 Å². The minimum absolute atomic E-state index is 0.324. The lowest BCUT2D eigenvalue weighted by molar-refractivity contribution is -0.115. The van der Waals surface area contributed by atoms with E-state index in [0.717, 1.165) is 22.0 Å². The third kappa shape index (κ3) is 4.26. The van der Waals surface area contributed by atoms with Crippen LogP contribution in [0, 0.1) is 6.92 Å². The van der Waals surface area contributed by atoms with Gasteiger partial charge in [-0.3, -0.25) is 0 Å². The molecule has 1 N–H and O–H groups in total. The summed E-state index contributed by atoms with van der Waals surface area (Å²) in [4.78, 5) is 4.72. The van der Waals surface area contributed by atoms with Gasteiger partial charge in [0.2, 0.25) is 5.89 Å². The van der Waals surface area contributed by atoms with Crippen LogP contribution in [0.3, 0.4) is 0 Å². The lowest BCUT2D eigenvalue weighted by Crippen LogP contribution is -2.22. The van der Waals surface area contributed by atoms with E-state index in [4.69, 9.17) is 9.40 Å². The smallest absolute Gasteiger partial charge is 0.405 e. The van der Waals surface area contributed by atoms with Gasteiger partial charge in [0.1, 0.15) is 12.2 Å². The van der Waals surface area contributed by atoms with Gasteiger partial charge in [0.25, 0.3) is 5.89 Å². The summed E-state index contributed by atoms with van der Waals surface area (Å²) in [5.74, 6) is 0.860.